The van der Waals surface area contributed by atoms with Crippen molar-refractivity contribution in [3.63, 3.8) is 0 Å². The van der Waals surface area contributed by atoms with E-state index in [1.54, 1.807) is 42.6 Å². The molecule has 0 aromatic rings. The SMILES string of the molecule is CC[C@@]1(C(=O)OC)C(C(=O)OC)=C(C2SCCCS2)C=C[C@@H]1O. The van der Waals surface area contributed by atoms with Crippen LogP contribution >= 0.6 is 23.5 Å². The van der Waals surface area contributed by atoms with Crippen molar-refractivity contribution in [2.75, 3.05) is 25.7 Å². The summed E-state index contributed by atoms with van der Waals surface area (Å²) in [7, 11) is 2.56. The molecule has 0 bridgehead atoms. The molecule has 1 aliphatic heterocycles. The number of carbonyl (C=O) groups is 2. The monoisotopic (exact) mass is 358 g/mol. The van der Waals surface area contributed by atoms with Crippen LogP contribution in [0.5, 0.6) is 0 Å². The molecule has 1 fully saturated rings. The van der Waals surface area contributed by atoms with Gasteiger partial charge in [0.1, 0.15) is 5.41 Å². The predicted molar refractivity (Wildman–Crippen MR) is 92.2 cm³/mol. The van der Waals surface area contributed by atoms with Crippen LogP contribution in [0.15, 0.2) is 23.3 Å². The van der Waals surface area contributed by atoms with Crippen molar-refractivity contribution in [2.45, 2.75) is 30.5 Å². The van der Waals surface area contributed by atoms with Gasteiger partial charge in [-0.2, -0.15) is 0 Å². The highest BCUT2D eigenvalue weighted by molar-refractivity contribution is 8.17. The Morgan fingerprint density at radius 1 is 1.30 bits per heavy atom. The summed E-state index contributed by atoms with van der Waals surface area (Å²) in [6, 6.07) is 0. The number of rotatable bonds is 4. The Hall–Kier alpha value is -0.920. The normalized spacial score (nSPS) is 28.6. The molecule has 0 aromatic heterocycles. The Bertz CT molecular complexity index is 537. The highest BCUT2D eigenvalue weighted by Crippen LogP contribution is 2.47. The first kappa shape index (κ1) is 18.4. The van der Waals surface area contributed by atoms with Gasteiger partial charge in [0, 0.05) is 0 Å². The topological polar surface area (TPSA) is 72.8 Å². The average Bonchev–Trinajstić information content (AvgIpc) is 2.60. The van der Waals surface area contributed by atoms with Gasteiger partial charge in [0.2, 0.25) is 0 Å². The molecule has 2 rings (SSSR count). The molecule has 2 aliphatic rings. The van der Waals surface area contributed by atoms with Crippen LogP contribution in [0.4, 0.5) is 0 Å². The molecular formula is C16H22O5S2. The summed E-state index contributed by atoms with van der Waals surface area (Å²) in [6.07, 6.45) is 3.59. The zero-order valence-corrected chi connectivity index (χ0v) is 15.2. The minimum Gasteiger partial charge on any atom is -0.468 e. The molecule has 5 nitrogen and oxygen atoms in total. The van der Waals surface area contributed by atoms with E-state index in [0.717, 1.165) is 23.5 Å². The lowest BCUT2D eigenvalue weighted by molar-refractivity contribution is -0.159. The van der Waals surface area contributed by atoms with Crippen molar-refractivity contribution in [1.82, 2.24) is 0 Å². The molecule has 0 radical (unpaired) electrons. The smallest absolute Gasteiger partial charge is 0.335 e. The number of allylic oxidation sites excluding steroid dienone is 1. The third-order valence-electron chi connectivity index (χ3n) is 4.28. The van der Waals surface area contributed by atoms with Gasteiger partial charge in [-0.05, 0) is 29.9 Å². The van der Waals surface area contributed by atoms with E-state index in [9.17, 15) is 14.7 Å². The van der Waals surface area contributed by atoms with E-state index in [1.165, 1.54) is 14.2 Å². The Labute approximate surface area is 144 Å². The molecule has 1 aliphatic carbocycles. The van der Waals surface area contributed by atoms with Gasteiger partial charge in [-0.3, -0.25) is 4.79 Å². The largest absolute Gasteiger partial charge is 0.468 e. The van der Waals surface area contributed by atoms with Crippen LogP contribution < -0.4 is 0 Å². The summed E-state index contributed by atoms with van der Waals surface area (Å²) in [6.45, 7) is 1.76. The van der Waals surface area contributed by atoms with Crippen LogP contribution in [-0.4, -0.2) is 53.5 Å². The maximum Gasteiger partial charge on any atom is 0.335 e. The molecule has 7 heteroatoms. The standard InChI is InChI=1S/C16H22O5S2/c1-4-16(15(19)21-3)11(17)7-6-10(12(16)13(18)20-2)14-22-8-5-9-23-14/h6-7,11,14,17H,4-5,8-9H2,1-3H3/t11-,16-/m0/s1. The van der Waals surface area contributed by atoms with E-state index >= 15 is 0 Å². The minimum atomic E-state index is -1.41. The molecular weight excluding hydrogens is 336 g/mol. The molecule has 0 spiro atoms. The van der Waals surface area contributed by atoms with E-state index in [4.69, 9.17) is 9.47 Å². The predicted octanol–water partition coefficient (Wildman–Crippen LogP) is 2.15. The molecule has 1 N–H and O–H groups in total. The van der Waals surface area contributed by atoms with Crippen LogP contribution in [0.3, 0.4) is 0 Å². The number of aliphatic hydroxyl groups is 1. The summed E-state index contributed by atoms with van der Waals surface area (Å²) in [5.41, 5.74) is -0.426. The molecule has 1 heterocycles. The molecule has 23 heavy (non-hydrogen) atoms. The number of thioether (sulfide) groups is 2. The lowest BCUT2D eigenvalue weighted by atomic mass is 9.68. The van der Waals surface area contributed by atoms with Crippen molar-refractivity contribution in [1.29, 1.82) is 0 Å². The number of methoxy groups -OCH3 is 2. The maximum atomic E-state index is 12.5. The van der Waals surface area contributed by atoms with E-state index in [0.29, 0.717) is 0 Å². The lowest BCUT2D eigenvalue weighted by Crippen LogP contribution is -2.48. The van der Waals surface area contributed by atoms with Gasteiger partial charge in [0.25, 0.3) is 0 Å². The minimum absolute atomic E-state index is 0.0529. The van der Waals surface area contributed by atoms with Gasteiger partial charge in [-0.15, -0.1) is 23.5 Å². The zero-order chi connectivity index (χ0) is 17.0. The van der Waals surface area contributed by atoms with E-state index in [2.05, 4.69) is 0 Å². The Balaban J connectivity index is 2.62. The lowest BCUT2D eigenvalue weighted by Gasteiger charge is -2.39. The molecule has 0 amide bonds. The second-order valence-electron chi connectivity index (χ2n) is 5.37. The fourth-order valence-electron chi connectivity index (χ4n) is 3.05. The van der Waals surface area contributed by atoms with Crippen molar-refractivity contribution < 1.29 is 24.2 Å². The summed E-state index contributed by atoms with van der Waals surface area (Å²) in [5.74, 6) is 0.815. The highest BCUT2D eigenvalue weighted by Gasteiger charge is 2.53. The number of hydrogen-bond acceptors (Lipinski definition) is 7. The van der Waals surface area contributed by atoms with Crippen LogP contribution in [0.1, 0.15) is 19.8 Å². The third-order valence-corrected chi connectivity index (χ3v) is 7.25. The number of hydrogen-bond donors (Lipinski definition) is 1. The molecule has 0 saturated carbocycles. The van der Waals surface area contributed by atoms with Crippen LogP contribution in [0.2, 0.25) is 0 Å². The van der Waals surface area contributed by atoms with Gasteiger partial charge in [0.05, 0.1) is 30.5 Å². The highest BCUT2D eigenvalue weighted by atomic mass is 32.2. The van der Waals surface area contributed by atoms with Gasteiger partial charge in [-0.1, -0.05) is 19.1 Å². The van der Waals surface area contributed by atoms with Crippen LogP contribution in [0.25, 0.3) is 0 Å². The first-order chi connectivity index (χ1) is 11.0. The van der Waals surface area contributed by atoms with E-state index < -0.39 is 23.5 Å². The quantitative estimate of drug-likeness (QED) is 0.772. The summed E-state index contributed by atoms with van der Waals surface area (Å²) < 4.78 is 9.92. The van der Waals surface area contributed by atoms with Crippen LogP contribution in [0, 0.1) is 5.41 Å². The summed E-state index contributed by atoms with van der Waals surface area (Å²) in [5, 5.41) is 10.5. The second kappa shape index (κ2) is 7.77. The van der Waals surface area contributed by atoms with Gasteiger partial charge >= 0.3 is 11.9 Å². The molecule has 0 aromatic carbocycles. The third kappa shape index (κ3) is 3.19. The first-order valence-electron chi connectivity index (χ1n) is 7.53. The first-order valence-corrected chi connectivity index (χ1v) is 9.63. The fourth-order valence-corrected chi connectivity index (χ4v) is 6.00. The summed E-state index contributed by atoms with van der Waals surface area (Å²) >= 11 is 3.49. The number of aliphatic hydroxyl groups excluding tert-OH is 1. The van der Waals surface area contributed by atoms with Gasteiger partial charge in [0.15, 0.2) is 0 Å². The van der Waals surface area contributed by atoms with Gasteiger partial charge in [-0.25, -0.2) is 4.79 Å². The number of carbonyl (C=O) groups excluding carboxylic acids is 2. The van der Waals surface area contributed by atoms with Crippen molar-refractivity contribution in [3.05, 3.63) is 23.3 Å². The number of ether oxygens (including phenoxy) is 2. The Morgan fingerprint density at radius 3 is 2.48 bits per heavy atom. The van der Waals surface area contributed by atoms with Gasteiger partial charge < -0.3 is 14.6 Å². The second-order valence-corrected chi connectivity index (χ2v) is 8.09. The fraction of sp³-hybridized carbons (Fsp3) is 0.625. The van der Waals surface area contributed by atoms with Crippen molar-refractivity contribution in [3.8, 4) is 0 Å². The molecule has 0 unspecified atom stereocenters. The zero-order valence-electron chi connectivity index (χ0n) is 13.5. The Kier molecular flexibility index (Phi) is 6.22. The number of esters is 2. The molecule has 1 saturated heterocycles. The van der Waals surface area contributed by atoms with Crippen molar-refractivity contribution >= 4 is 35.5 Å². The maximum absolute atomic E-state index is 12.5. The Morgan fingerprint density at radius 2 is 1.96 bits per heavy atom. The molecule has 2 atom stereocenters. The van der Waals surface area contributed by atoms with E-state index in [-0.39, 0.29) is 16.6 Å². The van der Waals surface area contributed by atoms with E-state index in [1.807, 2.05) is 0 Å². The summed E-state index contributed by atoms with van der Waals surface area (Å²) in [4.78, 5) is 25.0. The molecule has 128 valence electrons. The average molecular weight is 358 g/mol. The van der Waals surface area contributed by atoms with Crippen molar-refractivity contribution in [2.24, 2.45) is 5.41 Å². The van der Waals surface area contributed by atoms with Crippen LogP contribution in [-0.2, 0) is 19.1 Å².